The minimum Gasteiger partial charge on any atom is -0.449 e. The van der Waals surface area contributed by atoms with Gasteiger partial charge < -0.3 is 9.84 Å². The molecule has 0 saturated heterocycles. The van der Waals surface area contributed by atoms with Crippen LogP contribution >= 0.6 is 0 Å². The molecular weight excluding hydrogens is 271 g/mol. The summed E-state index contributed by atoms with van der Waals surface area (Å²) in [6, 6.07) is 2.34. The highest BCUT2D eigenvalue weighted by molar-refractivity contribution is 5.63. The molecule has 9 heteroatoms. The number of rotatable bonds is 3. The van der Waals surface area contributed by atoms with E-state index in [1.165, 1.54) is 0 Å². The molecule has 1 aromatic carbocycles. The van der Waals surface area contributed by atoms with Gasteiger partial charge in [0.05, 0.1) is 10.8 Å². The molecule has 0 fully saturated rings. The highest BCUT2D eigenvalue weighted by Gasteiger charge is 2.39. The lowest BCUT2D eigenvalue weighted by Crippen LogP contribution is -2.19. The van der Waals surface area contributed by atoms with Gasteiger partial charge in [-0.3, -0.25) is 10.1 Å². The third-order valence-corrected chi connectivity index (χ3v) is 2.36. The Morgan fingerprint density at radius 3 is 2.47 bits per heavy atom. The molecule has 1 aromatic rings. The standard InChI is InChI=1S/C10H8F3NO5/c1-5(10(11,12)13)7-4-6(14(17)18)2-3-8(7)19-9(15)16/h2-5H,1H3,(H,15,16)/t5-/m1/s1. The van der Waals surface area contributed by atoms with Crippen molar-refractivity contribution in [3.63, 3.8) is 0 Å². The molecule has 19 heavy (non-hydrogen) atoms. The Hall–Kier alpha value is -2.32. The summed E-state index contributed by atoms with van der Waals surface area (Å²) in [5, 5.41) is 18.9. The first kappa shape index (κ1) is 14.7. The lowest BCUT2D eigenvalue weighted by molar-refractivity contribution is -0.385. The van der Waals surface area contributed by atoms with Gasteiger partial charge in [0.25, 0.3) is 5.69 Å². The number of alkyl halides is 3. The zero-order chi connectivity index (χ0) is 14.8. The second kappa shape index (κ2) is 5.12. The van der Waals surface area contributed by atoms with E-state index in [0.29, 0.717) is 6.07 Å². The maximum absolute atomic E-state index is 12.6. The molecule has 104 valence electrons. The molecule has 0 amide bonds. The van der Waals surface area contributed by atoms with Gasteiger partial charge in [-0.05, 0) is 13.0 Å². The van der Waals surface area contributed by atoms with E-state index in [1.807, 2.05) is 0 Å². The fourth-order valence-electron chi connectivity index (χ4n) is 1.35. The molecule has 0 saturated carbocycles. The minimum atomic E-state index is -4.67. The number of nitro groups is 1. The zero-order valence-corrected chi connectivity index (χ0v) is 9.47. The number of hydrogen-bond acceptors (Lipinski definition) is 4. The lowest BCUT2D eigenvalue weighted by Gasteiger charge is -2.18. The number of hydrogen-bond donors (Lipinski definition) is 1. The van der Waals surface area contributed by atoms with Crippen LogP contribution in [0.4, 0.5) is 23.7 Å². The van der Waals surface area contributed by atoms with Gasteiger partial charge in [-0.15, -0.1) is 0 Å². The van der Waals surface area contributed by atoms with Crippen LogP contribution in [0.1, 0.15) is 18.4 Å². The van der Waals surface area contributed by atoms with Gasteiger partial charge >= 0.3 is 12.3 Å². The van der Waals surface area contributed by atoms with Gasteiger partial charge in [0.2, 0.25) is 0 Å². The summed E-state index contributed by atoms with van der Waals surface area (Å²) in [7, 11) is 0. The Morgan fingerprint density at radius 2 is 2.05 bits per heavy atom. The largest absolute Gasteiger partial charge is 0.511 e. The maximum Gasteiger partial charge on any atom is 0.511 e. The van der Waals surface area contributed by atoms with Gasteiger partial charge in [0.1, 0.15) is 5.75 Å². The van der Waals surface area contributed by atoms with E-state index < -0.39 is 40.2 Å². The van der Waals surface area contributed by atoms with E-state index in [2.05, 4.69) is 4.74 Å². The molecular formula is C10H8F3NO5. The van der Waals surface area contributed by atoms with Crippen molar-refractivity contribution in [1.29, 1.82) is 0 Å². The number of nitrogens with zero attached hydrogens (tertiary/aromatic N) is 1. The van der Waals surface area contributed by atoms with Crippen LogP contribution in [0.5, 0.6) is 5.75 Å². The van der Waals surface area contributed by atoms with Crippen molar-refractivity contribution in [2.45, 2.75) is 19.0 Å². The van der Waals surface area contributed by atoms with E-state index in [0.717, 1.165) is 19.1 Å². The third-order valence-electron chi connectivity index (χ3n) is 2.36. The van der Waals surface area contributed by atoms with Gasteiger partial charge in [-0.2, -0.15) is 13.2 Å². The van der Waals surface area contributed by atoms with Crippen LogP contribution in [0, 0.1) is 10.1 Å². The number of carboxylic acid groups (broad SMARTS) is 1. The van der Waals surface area contributed by atoms with E-state index in [1.54, 1.807) is 0 Å². The Kier molecular flexibility index (Phi) is 3.98. The predicted octanol–water partition coefficient (Wildman–Crippen LogP) is 3.32. The van der Waals surface area contributed by atoms with E-state index in [-0.39, 0.29) is 0 Å². The van der Waals surface area contributed by atoms with Gasteiger partial charge in [0, 0.05) is 17.7 Å². The summed E-state index contributed by atoms with van der Waals surface area (Å²) in [5.74, 6) is -2.68. The highest BCUT2D eigenvalue weighted by Crippen LogP contribution is 2.40. The van der Waals surface area contributed by atoms with Crippen LogP contribution in [-0.4, -0.2) is 22.4 Å². The van der Waals surface area contributed by atoms with Crippen molar-refractivity contribution < 1.29 is 32.7 Å². The number of nitro benzene ring substituents is 1. The molecule has 0 radical (unpaired) electrons. The minimum absolute atomic E-state index is 0.580. The summed E-state index contributed by atoms with van der Waals surface area (Å²) in [6.45, 7) is 0.758. The SMILES string of the molecule is C[C@H](c1cc([N+](=O)[O-])ccc1OC(=O)O)C(F)(F)F. The summed E-state index contributed by atoms with van der Waals surface area (Å²) in [5.41, 5.74) is -1.19. The molecule has 0 bridgehead atoms. The average Bonchev–Trinajstić information content (AvgIpc) is 2.26. The molecule has 0 aliphatic heterocycles. The van der Waals surface area contributed by atoms with Crippen LogP contribution in [-0.2, 0) is 0 Å². The molecule has 0 aliphatic carbocycles. The molecule has 0 aliphatic rings. The quantitative estimate of drug-likeness (QED) is 0.396. The van der Waals surface area contributed by atoms with Crippen LogP contribution in [0.25, 0.3) is 0 Å². The van der Waals surface area contributed by atoms with E-state index in [4.69, 9.17) is 5.11 Å². The number of benzene rings is 1. The first-order valence-corrected chi connectivity index (χ1v) is 4.88. The smallest absolute Gasteiger partial charge is 0.449 e. The molecule has 1 atom stereocenters. The molecule has 0 spiro atoms. The van der Waals surface area contributed by atoms with Crippen molar-refractivity contribution in [2.24, 2.45) is 0 Å². The van der Waals surface area contributed by atoms with Crippen LogP contribution < -0.4 is 4.74 Å². The summed E-state index contributed by atoms with van der Waals surface area (Å²) in [6.07, 6.45) is -6.48. The zero-order valence-electron chi connectivity index (χ0n) is 9.47. The van der Waals surface area contributed by atoms with Crippen LogP contribution in [0.3, 0.4) is 0 Å². The van der Waals surface area contributed by atoms with Crippen LogP contribution in [0.2, 0.25) is 0 Å². The molecule has 0 aromatic heterocycles. The van der Waals surface area contributed by atoms with Crippen molar-refractivity contribution in [2.75, 3.05) is 0 Å². The first-order valence-electron chi connectivity index (χ1n) is 4.88. The number of halogens is 3. The summed E-state index contributed by atoms with van der Waals surface area (Å²) >= 11 is 0. The van der Waals surface area contributed by atoms with Gasteiger partial charge in [-0.1, -0.05) is 0 Å². The van der Waals surface area contributed by atoms with Crippen molar-refractivity contribution in [3.05, 3.63) is 33.9 Å². The fourth-order valence-corrected chi connectivity index (χ4v) is 1.35. The topological polar surface area (TPSA) is 89.7 Å². The van der Waals surface area contributed by atoms with E-state index >= 15 is 0 Å². The van der Waals surface area contributed by atoms with Crippen LogP contribution in [0.15, 0.2) is 18.2 Å². The number of carbonyl (C=O) groups is 1. The normalized spacial score (nSPS) is 12.8. The molecule has 6 nitrogen and oxygen atoms in total. The average molecular weight is 279 g/mol. The monoisotopic (exact) mass is 279 g/mol. The van der Waals surface area contributed by atoms with Crippen molar-refractivity contribution in [1.82, 2.24) is 0 Å². The third kappa shape index (κ3) is 3.57. The van der Waals surface area contributed by atoms with E-state index in [9.17, 15) is 28.1 Å². The highest BCUT2D eigenvalue weighted by atomic mass is 19.4. The molecule has 1 N–H and O–H groups in total. The first-order chi connectivity index (χ1) is 8.62. The second-order valence-electron chi connectivity index (χ2n) is 3.61. The van der Waals surface area contributed by atoms with Gasteiger partial charge in [0.15, 0.2) is 0 Å². The van der Waals surface area contributed by atoms with Crippen molar-refractivity contribution >= 4 is 11.8 Å². The molecule has 1 rings (SSSR count). The molecule has 0 unspecified atom stereocenters. The van der Waals surface area contributed by atoms with Gasteiger partial charge in [-0.25, -0.2) is 4.79 Å². The molecule has 0 heterocycles. The maximum atomic E-state index is 12.6. The number of ether oxygens (including phenoxy) is 1. The second-order valence-corrected chi connectivity index (χ2v) is 3.61. The summed E-state index contributed by atoms with van der Waals surface area (Å²) < 4.78 is 42.0. The number of non-ortho nitro benzene ring substituents is 1. The Balaban J connectivity index is 3.33. The Morgan fingerprint density at radius 1 is 1.47 bits per heavy atom. The fraction of sp³-hybridized carbons (Fsp3) is 0.300. The lowest BCUT2D eigenvalue weighted by atomic mass is 9.99. The Labute approximate surface area is 104 Å². The predicted molar refractivity (Wildman–Crippen MR) is 56.2 cm³/mol. The summed E-state index contributed by atoms with van der Waals surface area (Å²) in [4.78, 5) is 20.0. The van der Waals surface area contributed by atoms with Crippen molar-refractivity contribution in [3.8, 4) is 5.75 Å². The Bertz CT molecular complexity index is 514.